The second-order valence-electron chi connectivity index (χ2n) is 4.50. The van der Waals surface area contributed by atoms with E-state index in [-0.39, 0.29) is 11.7 Å². The van der Waals surface area contributed by atoms with E-state index in [1.807, 2.05) is 11.0 Å². The summed E-state index contributed by atoms with van der Waals surface area (Å²) in [5.74, 6) is -0.937. The summed E-state index contributed by atoms with van der Waals surface area (Å²) in [6, 6.07) is 6.92. The maximum absolute atomic E-state index is 11.6. The average Bonchev–Trinajstić information content (AvgIpc) is 2.47. The van der Waals surface area contributed by atoms with Crippen molar-refractivity contribution in [1.82, 2.24) is 4.90 Å². The Kier molecular flexibility index (Phi) is 4.45. The predicted molar refractivity (Wildman–Crippen MR) is 74.2 cm³/mol. The lowest BCUT2D eigenvalue weighted by atomic mass is 10.1. The van der Waals surface area contributed by atoms with E-state index < -0.39 is 5.97 Å². The molecule has 0 aromatic heterocycles. The largest absolute Gasteiger partial charge is 0.478 e. The topological polar surface area (TPSA) is 70.1 Å². The van der Waals surface area contributed by atoms with E-state index in [9.17, 15) is 14.7 Å². The zero-order valence-corrected chi connectivity index (χ0v) is 11.4. The third-order valence-electron chi connectivity index (χ3n) is 3.28. The average molecular weight is 278 g/mol. The third-order valence-corrected chi connectivity index (χ3v) is 3.28. The fourth-order valence-electron chi connectivity index (χ4n) is 2.27. The molecule has 0 aliphatic carbocycles. The number of hydrogen-bond acceptors (Lipinski definition) is 4. The highest BCUT2D eigenvalue weighted by atomic mass is 16.6. The summed E-state index contributed by atoms with van der Waals surface area (Å²) in [6.45, 7) is 4.41. The van der Waals surface area contributed by atoms with Crippen molar-refractivity contribution in [1.29, 1.82) is 0 Å². The molecule has 20 heavy (non-hydrogen) atoms. The number of nitrogens with zero attached hydrogens (tertiary/aromatic N) is 2. The van der Waals surface area contributed by atoms with Gasteiger partial charge >= 0.3 is 12.1 Å². The van der Waals surface area contributed by atoms with Gasteiger partial charge in [0.2, 0.25) is 0 Å². The molecule has 0 bridgehead atoms. The highest BCUT2D eigenvalue weighted by Gasteiger charge is 2.24. The number of carboxylic acids is 1. The van der Waals surface area contributed by atoms with Crippen molar-refractivity contribution in [2.75, 3.05) is 37.7 Å². The van der Waals surface area contributed by atoms with Gasteiger partial charge in [0.15, 0.2) is 0 Å². The van der Waals surface area contributed by atoms with Gasteiger partial charge in [-0.2, -0.15) is 0 Å². The molecule has 6 nitrogen and oxygen atoms in total. The summed E-state index contributed by atoms with van der Waals surface area (Å²) >= 11 is 0. The Morgan fingerprint density at radius 1 is 1.20 bits per heavy atom. The van der Waals surface area contributed by atoms with Crippen LogP contribution in [0.5, 0.6) is 0 Å². The molecule has 1 fully saturated rings. The van der Waals surface area contributed by atoms with Crippen molar-refractivity contribution in [3.05, 3.63) is 29.8 Å². The highest BCUT2D eigenvalue weighted by Crippen LogP contribution is 2.22. The molecule has 0 saturated carbocycles. The fourth-order valence-corrected chi connectivity index (χ4v) is 2.27. The van der Waals surface area contributed by atoms with E-state index >= 15 is 0 Å². The maximum atomic E-state index is 11.6. The van der Waals surface area contributed by atoms with E-state index in [0.717, 1.165) is 0 Å². The molecule has 1 aromatic carbocycles. The monoisotopic (exact) mass is 278 g/mol. The van der Waals surface area contributed by atoms with Crippen LogP contribution >= 0.6 is 0 Å². The zero-order valence-electron chi connectivity index (χ0n) is 11.4. The Labute approximate surface area is 117 Å². The number of carbonyl (C=O) groups excluding carboxylic acids is 1. The first kappa shape index (κ1) is 14.2. The Bertz CT molecular complexity index is 496. The van der Waals surface area contributed by atoms with E-state index in [0.29, 0.717) is 38.5 Å². The number of rotatable bonds is 3. The van der Waals surface area contributed by atoms with Crippen LogP contribution in [0.3, 0.4) is 0 Å². The van der Waals surface area contributed by atoms with Crippen LogP contribution in [0.15, 0.2) is 24.3 Å². The molecule has 6 heteroatoms. The Balaban J connectivity index is 2.04. The van der Waals surface area contributed by atoms with Gasteiger partial charge in [0, 0.05) is 26.2 Å². The third kappa shape index (κ3) is 3.01. The molecule has 1 aromatic rings. The first-order valence-corrected chi connectivity index (χ1v) is 6.62. The van der Waals surface area contributed by atoms with Gasteiger partial charge in [-0.05, 0) is 19.1 Å². The standard InChI is InChI=1S/C14H18N2O4/c1-2-20-14(19)16-9-7-15(8-10-16)12-6-4-3-5-11(12)13(17)18/h3-6H,2,7-10H2,1H3,(H,17,18). The van der Waals surface area contributed by atoms with Gasteiger partial charge in [-0.3, -0.25) is 0 Å². The van der Waals surface area contributed by atoms with Crippen molar-refractivity contribution >= 4 is 17.7 Å². The van der Waals surface area contributed by atoms with Crippen LogP contribution in [0.2, 0.25) is 0 Å². The van der Waals surface area contributed by atoms with E-state index in [4.69, 9.17) is 4.74 Å². The van der Waals surface area contributed by atoms with Crippen molar-refractivity contribution < 1.29 is 19.4 Å². The lowest BCUT2D eigenvalue weighted by molar-refractivity contribution is 0.0696. The fraction of sp³-hybridized carbons (Fsp3) is 0.429. The minimum absolute atomic E-state index is 0.289. The molecule has 0 spiro atoms. The molecule has 108 valence electrons. The molecule has 1 saturated heterocycles. The summed E-state index contributed by atoms with van der Waals surface area (Å²) in [5.41, 5.74) is 0.987. The number of piperazine rings is 1. The molecule has 1 aliphatic heterocycles. The number of carbonyl (C=O) groups is 2. The summed E-state index contributed by atoms with van der Waals surface area (Å²) in [6.07, 6.45) is -0.307. The minimum atomic E-state index is -0.937. The molecule has 0 atom stereocenters. The van der Waals surface area contributed by atoms with Crippen molar-refractivity contribution in [3.8, 4) is 0 Å². The molecule has 2 rings (SSSR count). The lowest BCUT2D eigenvalue weighted by Crippen LogP contribution is -2.49. The smallest absolute Gasteiger partial charge is 0.409 e. The van der Waals surface area contributed by atoms with Crippen LogP contribution in [0, 0.1) is 0 Å². The van der Waals surface area contributed by atoms with Crippen LogP contribution < -0.4 is 4.90 Å². The highest BCUT2D eigenvalue weighted by molar-refractivity contribution is 5.94. The first-order chi connectivity index (χ1) is 9.63. The summed E-state index contributed by atoms with van der Waals surface area (Å²) < 4.78 is 4.96. The Morgan fingerprint density at radius 2 is 1.85 bits per heavy atom. The summed E-state index contributed by atoms with van der Waals surface area (Å²) in [5, 5.41) is 9.20. The van der Waals surface area contributed by atoms with Gasteiger partial charge in [-0.1, -0.05) is 12.1 Å². The van der Waals surface area contributed by atoms with Gasteiger partial charge in [-0.15, -0.1) is 0 Å². The quantitative estimate of drug-likeness (QED) is 0.910. The number of para-hydroxylation sites is 1. The number of amides is 1. The van der Waals surface area contributed by atoms with Crippen LogP contribution in [-0.2, 0) is 4.74 Å². The van der Waals surface area contributed by atoms with Crippen LogP contribution in [0.4, 0.5) is 10.5 Å². The molecule has 0 unspecified atom stereocenters. The molecule has 1 heterocycles. The van der Waals surface area contributed by atoms with Gasteiger partial charge in [0.25, 0.3) is 0 Å². The van der Waals surface area contributed by atoms with E-state index in [1.54, 1.807) is 30.0 Å². The molecule has 1 amide bonds. The Hall–Kier alpha value is -2.24. The Morgan fingerprint density at radius 3 is 2.45 bits per heavy atom. The second-order valence-corrected chi connectivity index (χ2v) is 4.50. The maximum Gasteiger partial charge on any atom is 0.409 e. The van der Waals surface area contributed by atoms with E-state index in [1.165, 1.54) is 0 Å². The number of ether oxygens (including phenoxy) is 1. The number of anilines is 1. The van der Waals surface area contributed by atoms with Gasteiger partial charge in [0.1, 0.15) is 0 Å². The number of benzene rings is 1. The SMILES string of the molecule is CCOC(=O)N1CCN(c2ccccc2C(=O)O)CC1. The molecular formula is C14H18N2O4. The number of hydrogen-bond donors (Lipinski definition) is 1. The van der Waals surface area contributed by atoms with Crippen LogP contribution in [0.1, 0.15) is 17.3 Å². The summed E-state index contributed by atoms with van der Waals surface area (Å²) in [7, 11) is 0. The van der Waals surface area contributed by atoms with Crippen LogP contribution in [-0.4, -0.2) is 54.9 Å². The summed E-state index contributed by atoms with van der Waals surface area (Å²) in [4.78, 5) is 26.4. The molecule has 1 aliphatic rings. The van der Waals surface area contributed by atoms with Crippen molar-refractivity contribution in [2.45, 2.75) is 6.92 Å². The predicted octanol–water partition coefficient (Wildman–Crippen LogP) is 1.66. The van der Waals surface area contributed by atoms with Crippen LogP contribution in [0.25, 0.3) is 0 Å². The van der Waals surface area contributed by atoms with Crippen molar-refractivity contribution in [2.24, 2.45) is 0 Å². The molecular weight excluding hydrogens is 260 g/mol. The first-order valence-electron chi connectivity index (χ1n) is 6.62. The zero-order chi connectivity index (χ0) is 14.5. The van der Waals surface area contributed by atoms with E-state index in [2.05, 4.69) is 0 Å². The van der Waals surface area contributed by atoms with Gasteiger partial charge in [0.05, 0.1) is 17.9 Å². The lowest BCUT2D eigenvalue weighted by Gasteiger charge is -2.35. The normalized spacial score (nSPS) is 15.1. The van der Waals surface area contributed by atoms with Gasteiger partial charge in [-0.25, -0.2) is 9.59 Å². The van der Waals surface area contributed by atoms with Gasteiger partial charge < -0.3 is 19.6 Å². The molecule has 0 radical (unpaired) electrons. The van der Waals surface area contributed by atoms with Crippen molar-refractivity contribution in [3.63, 3.8) is 0 Å². The number of carboxylic acid groups (broad SMARTS) is 1. The number of aromatic carboxylic acids is 1. The second kappa shape index (κ2) is 6.27. The minimum Gasteiger partial charge on any atom is -0.478 e. The molecule has 1 N–H and O–H groups in total.